The highest BCUT2D eigenvalue weighted by atomic mass is 32.1. The van der Waals surface area contributed by atoms with Crippen molar-refractivity contribution in [2.24, 2.45) is 0 Å². The van der Waals surface area contributed by atoms with E-state index in [1.165, 1.54) is 17.4 Å². The van der Waals surface area contributed by atoms with Gasteiger partial charge in [-0.2, -0.15) is 13.2 Å². The van der Waals surface area contributed by atoms with Crippen molar-refractivity contribution in [1.82, 2.24) is 25.1 Å². The summed E-state index contributed by atoms with van der Waals surface area (Å²) >= 11 is 1.22. The Hall–Kier alpha value is -3.28. The van der Waals surface area contributed by atoms with Gasteiger partial charge in [0.25, 0.3) is 0 Å². The number of hydrogen-bond donors (Lipinski definition) is 1. The van der Waals surface area contributed by atoms with Gasteiger partial charge in [-0.05, 0) is 24.3 Å². The molecule has 1 aliphatic heterocycles. The van der Waals surface area contributed by atoms with Crippen molar-refractivity contribution in [2.45, 2.75) is 6.18 Å². The van der Waals surface area contributed by atoms with Crippen LogP contribution in [0.4, 0.5) is 28.9 Å². The van der Waals surface area contributed by atoms with Gasteiger partial charge in [0.15, 0.2) is 5.01 Å². The molecule has 3 aromatic heterocycles. The van der Waals surface area contributed by atoms with Crippen LogP contribution >= 0.6 is 11.3 Å². The molecule has 0 radical (unpaired) electrons. The number of nitrogens with zero attached hydrogens (tertiary/aromatic N) is 6. The normalized spacial score (nSPS) is 14.6. The molecule has 0 saturated carbocycles. The van der Waals surface area contributed by atoms with E-state index in [0.717, 1.165) is 12.3 Å². The zero-order chi connectivity index (χ0) is 21.1. The lowest BCUT2D eigenvalue weighted by Crippen LogP contribution is -2.50. The molecule has 30 heavy (non-hydrogen) atoms. The van der Waals surface area contributed by atoms with E-state index in [-0.39, 0.29) is 6.03 Å². The predicted molar refractivity (Wildman–Crippen MR) is 105 cm³/mol. The molecule has 1 saturated heterocycles. The smallest absolute Gasteiger partial charge is 0.353 e. The number of rotatable bonds is 3. The molecule has 12 heteroatoms. The first kappa shape index (κ1) is 20.0. The average molecular weight is 435 g/mol. The third-order valence-electron chi connectivity index (χ3n) is 4.49. The largest absolute Gasteiger partial charge is 0.417 e. The van der Waals surface area contributed by atoms with E-state index in [0.29, 0.717) is 47.8 Å². The van der Waals surface area contributed by atoms with Crippen molar-refractivity contribution < 1.29 is 18.0 Å². The summed E-state index contributed by atoms with van der Waals surface area (Å²) in [5, 5.41) is 11.7. The Morgan fingerprint density at radius 2 is 1.83 bits per heavy atom. The third kappa shape index (κ3) is 4.48. The molecular weight excluding hydrogens is 419 g/mol. The average Bonchev–Trinajstić information content (AvgIpc) is 3.22. The van der Waals surface area contributed by atoms with Crippen LogP contribution in [-0.2, 0) is 6.18 Å². The number of alkyl halides is 3. The number of hydrogen-bond acceptors (Lipinski definition) is 7. The minimum Gasteiger partial charge on any atom is -0.353 e. The lowest BCUT2D eigenvalue weighted by molar-refractivity contribution is -0.137. The summed E-state index contributed by atoms with van der Waals surface area (Å²) in [7, 11) is 0. The number of piperazine rings is 1. The van der Waals surface area contributed by atoms with Gasteiger partial charge in [-0.3, -0.25) is 10.3 Å². The number of pyridine rings is 2. The fourth-order valence-electron chi connectivity index (χ4n) is 2.92. The van der Waals surface area contributed by atoms with Gasteiger partial charge in [0.2, 0.25) is 5.13 Å². The van der Waals surface area contributed by atoms with Crippen LogP contribution in [0.1, 0.15) is 5.56 Å². The van der Waals surface area contributed by atoms with Gasteiger partial charge in [-0.15, -0.1) is 10.2 Å². The summed E-state index contributed by atoms with van der Waals surface area (Å²) in [4.78, 5) is 24.0. The number of aromatic nitrogens is 4. The lowest BCUT2D eigenvalue weighted by atomic mass is 10.2. The second-order valence-corrected chi connectivity index (χ2v) is 7.41. The van der Waals surface area contributed by atoms with Gasteiger partial charge in [0.1, 0.15) is 11.5 Å². The number of nitrogens with one attached hydrogen (secondary N) is 1. The molecule has 2 amide bonds. The van der Waals surface area contributed by atoms with Crippen molar-refractivity contribution in [1.29, 1.82) is 0 Å². The Morgan fingerprint density at radius 3 is 2.47 bits per heavy atom. The minimum atomic E-state index is -4.41. The molecule has 0 aliphatic carbocycles. The molecule has 0 bridgehead atoms. The van der Waals surface area contributed by atoms with Crippen molar-refractivity contribution in [3.8, 4) is 10.7 Å². The van der Waals surface area contributed by atoms with Gasteiger partial charge < -0.3 is 9.80 Å². The molecule has 1 fully saturated rings. The summed E-state index contributed by atoms with van der Waals surface area (Å²) in [6, 6.07) is 7.49. The fourth-order valence-corrected chi connectivity index (χ4v) is 3.63. The Kier molecular flexibility index (Phi) is 5.48. The number of carbonyl (C=O) groups excluding carboxylic acids is 1. The molecule has 1 aliphatic rings. The molecule has 156 valence electrons. The first-order valence-electron chi connectivity index (χ1n) is 8.99. The fraction of sp³-hybridized carbons (Fsp3) is 0.278. The number of amides is 2. The molecule has 8 nitrogen and oxygen atoms in total. The minimum absolute atomic E-state index is 0.307. The van der Waals surface area contributed by atoms with E-state index >= 15 is 0 Å². The summed E-state index contributed by atoms with van der Waals surface area (Å²) in [6.45, 7) is 1.73. The highest BCUT2D eigenvalue weighted by Gasteiger charge is 2.31. The predicted octanol–water partition coefficient (Wildman–Crippen LogP) is 3.37. The van der Waals surface area contributed by atoms with Crippen molar-refractivity contribution in [3.05, 3.63) is 48.3 Å². The summed E-state index contributed by atoms with van der Waals surface area (Å²) < 4.78 is 38.0. The Balaban J connectivity index is 1.32. The maximum absolute atomic E-state index is 12.7. The Morgan fingerprint density at radius 1 is 1.03 bits per heavy atom. The van der Waals surface area contributed by atoms with E-state index in [2.05, 4.69) is 25.5 Å². The van der Waals surface area contributed by atoms with E-state index in [1.807, 2.05) is 11.0 Å². The first-order valence-corrected chi connectivity index (χ1v) is 9.81. The van der Waals surface area contributed by atoms with Gasteiger partial charge in [-0.1, -0.05) is 17.4 Å². The van der Waals surface area contributed by atoms with E-state index in [4.69, 9.17) is 0 Å². The van der Waals surface area contributed by atoms with Crippen LogP contribution in [-0.4, -0.2) is 57.3 Å². The number of halogens is 3. The zero-order valence-corrected chi connectivity index (χ0v) is 16.3. The van der Waals surface area contributed by atoms with Crippen LogP contribution in [0.2, 0.25) is 0 Å². The molecule has 0 aromatic carbocycles. The van der Waals surface area contributed by atoms with Crippen LogP contribution in [0.3, 0.4) is 0 Å². The van der Waals surface area contributed by atoms with Crippen LogP contribution in [0.25, 0.3) is 10.7 Å². The van der Waals surface area contributed by atoms with Gasteiger partial charge >= 0.3 is 12.2 Å². The molecule has 0 unspecified atom stereocenters. The maximum Gasteiger partial charge on any atom is 0.417 e. The Labute approximate surface area is 173 Å². The van der Waals surface area contributed by atoms with Crippen LogP contribution < -0.4 is 10.2 Å². The van der Waals surface area contributed by atoms with E-state index in [1.54, 1.807) is 23.2 Å². The summed E-state index contributed by atoms with van der Waals surface area (Å²) in [5.74, 6) is 0.451. The second kappa shape index (κ2) is 8.22. The molecule has 0 atom stereocenters. The first-order chi connectivity index (χ1) is 14.4. The molecule has 4 heterocycles. The second-order valence-electron chi connectivity index (χ2n) is 6.43. The van der Waals surface area contributed by atoms with Gasteiger partial charge in [0, 0.05) is 38.6 Å². The summed E-state index contributed by atoms with van der Waals surface area (Å²) in [6.07, 6.45) is -1.94. The van der Waals surface area contributed by atoms with Crippen molar-refractivity contribution in [2.75, 3.05) is 36.4 Å². The van der Waals surface area contributed by atoms with Gasteiger partial charge in [-0.25, -0.2) is 9.78 Å². The number of urea groups is 1. The topological polar surface area (TPSA) is 87.1 Å². The highest BCUT2D eigenvalue weighted by molar-refractivity contribution is 7.18. The standard InChI is InChI=1S/C18H16F3N7OS/c19-18(20,21)12-4-5-14(23-11-12)27-7-9-28(10-8-27)17(29)24-16-26-25-15(30-16)13-3-1-2-6-22-13/h1-6,11H,7-10H2,(H,24,26,29). The van der Waals surface area contributed by atoms with Crippen LogP contribution in [0.15, 0.2) is 42.7 Å². The molecule has 4 rings (SSSR count). The monoisotopic (exact) mass is 435 g/mol. The third-order valence-corrected chi connectivity index (χ3v) is 5.35. The molecular formula is C18H16F3N7OS. The van der Waals surface area contributed by atoms with E-state index in [9.17, 15) is 18.0 Å². The van der Waals surface area contributed by atoms with Crippen molar-refractivity contribution in [3.63, 3.8) is 0 Å². The summed E-state index contributed by atoms with van der Waals surface area (Å²) in [5.41, 5.74) is -0.112. The number of carbonyl (C=O) groups is 1. The van der Waals surface area contributed by atoms with Crippen LogP contribution in [0.5, 0.6) is 0 Å². The highest BCUT2D eigenvalue weighted by Crippen LogP contribution is 2.29. The number of anilines is 2. The van der Waals surface area contributed by atoms with E-state index < -0.39 is 11.7 Å². The quantitative estimate of drug-likeness (QED) is 0.679. The zero-order valence-electron chi connectivity index (χ0n) is 15.5. The van der Waals surface area contributed by atoms with Crippen LogP contribution in [0, 0.1) is 0 Å². The molecule has 3 aromatic rings. The SMILES string of the molecule is O=C(Nc1nnc(-c2ccccn2)s1)N1CCN(c2ccc(C(F)(F)F)cn2)CC1. The Bertz CT molecular complexity index is 1000. The van der Waals surface area contributed by atoms with Gasteiger partial charge in [0.05, 0.1) is 5.56 Å². The molecule has 1 N–H and O–H groups in total. The van der Waals surface area contributed by atoms with Crippen molar-refractivity contribution >= 4 is 28.3 Å². The lowest BCUT2D eigenvalue weighted by Gasteiger charge is -2.35. The maximum atomic E-state index is 12.7. The molecule has 0 spiro atoms.